The Morgan fingerprint density at radius 1 is 1.04 bits per heavy atom. The molecule has 0 saturated heterocycles. The molecule has 0 atom stereocenters. The number of amides is 1. The van der Waals surface area contributed by atoms with Crippen molar-refractivity contribution in [2.45, 2.75) is 0 Å². The SMILES string of the molecule is O=C(COc1ccccc1)Nc1ccc2oc(-c3cccc(Br)c3)nc2c1. The largest absolute Gasteiger partial charge is 0.484 e. The number of hydrogen-bond donors (Lipinski definition) is 1. The molecule has 0 aliphatic carbocycles. The molecule has 27 heavy (non-hydrogen) atoms. The van der Waals surface area contributed by atoms with Gasteiger partial charge < -0.3 is 14.5 Å². The van der Waals surface area contributed by atoms with Crippen LogP contribution in [0.5, 0.6) is 5.75 Å². The van der Waals surface area contributed by atoms with E-state index in [0.717, 1.165) is 10.0 Å². The van der Waals surface area contributed by atoms with Crippen LogP contribution in [0.4, 0.5) is 5.69 Å². The summed E-state index contributed by atoms with van der Waals surface area (Å²) < 4.78 is 12.2. The van der Waals surface area contributed by atoms with Crippen molar-refractivity contribution in [3.8, 4) is 17.2 Å². The average Bonchev–Trinajstić information content (AvgIpc) is 3.11. The fraction of sp³-hybridized carbons (Fsp3) is 0.0476. The molecule has 0 unspecified atom stereocenters. The van der Waals surface area contributed by atoms with Gasteiger partial charge in [-0.05, 0) is 48.5 Å². The van der Waals surface area contributed by atoms with E-state index in [1.807, 2.05) is 42.5 Å². The summed E-state index contributed by atoms with van der Waals surface area (Å²) in [6, 6.07) is 22.3. The zero-order valence-corrected chi connectivity index (χ0v) is 15.8. The molecule has 6 heteroatoms. The average molecular weight is 423 g/mol. The van der Waals surface area contributed by atoms with Crippen molar-refractivity contribution in [2.24, 2.45) is 0 Å². The van der Waals surface area contributed by atoms with E-state index in [1.165, 1.54) is 0 Å². The molecule has 1 heterocycles. The number of oxazole rings is 1. The second kappa shape index (κ2) is 7.63. The Labute approximate surface area is 164 Å². The van der Waals surface area contributed by atoms with E-state index in [-0.39, 0.29) is 12.5 Å². The van der Waals surface area contributed by atoms with Crippen LogP contribution in [0.15, 0.2) is 81.7 Å². The molecule has 0 saturated carbocycles. The molecule has 1 N–H and O–H groups in total. The zero-order valence-electron chi connectivity index (χ0n) is 14.2. The maximum Gasteiger partial charge on any atom is 0.262 e. The van der Waals surface area contributed by atoms with Gasteiger partial charge in [0.25, 0.3) is 5.91 Å². The minimum Gasteiger partial charge on any atom is -0.484 e. The number of para-hydroxylation sites is 1. The summed E-state index contributed by atoms with van der Waals surface area (Å²) in [7, 11) is 0. The van der Waals surface area contributed by atoms with E-state index < -0.39 is 0 Å². The fourth-order valence-corrected chi connectivity index (χ4v) is 3.01. The number of benzene rings is 3. The molecule has 134 valence electrons. The number of rotatable bonds is 5. The number of aromatic nitrogens is 1. The molecule has 1 aromatic heterocycles. The van der Waals surface area contributed by atoms with E-state index in [0.29, 0.717) is 28.4 Å². The third-order valence-electron chi connectivity index (χ3n) is 3.86. The standard InChI is InChI=1S/C21H15BrN2O3/c22-15-6-4-5-14(11-15)21-24-18-12-16(9-10-19(18)27-21)23-20(25)13-26-17-7-2-1-3-8-17/h1-12H,13H2,(H,23,25). The van der Waals surface area contributed by atoms with Crippen LogP contribution in [-0.2, 0) is 4.79 Å². The Bertz CT molecular complexity index is 1090. The van der Waals surface area contributed by atoms with Gasteiger partial charge in [0.05, 0.1) is 0 Å². The summed E-state index contributed by atoms with van der Waals surface area (Å²) >= 11 is 3.44. The zero-order chi connectivity index (χ0) is 18.6. The number of carbonyl (C=O) groups is 1. The molecule has 5 nitrogen and oxygen atoms in total. The molecule has 4 aromatic rings. The van der Waals surface area contributed by atoms with Crippen LogP contribution in [0.1, 0.15) is 0 Å². The van der Waals surface area contributed by atoms with Crippen molar-refractivity contribution >= 4 is 38.6 Å². The Kier molecular flexibility index (Phi) is 4.89. The normalized spacial score (nSPS) is 10.7. The fourth-order valence-electron chi connectivity index (χ4n) is 2.61. The van der Waals surface area contributed by atoms with Crippen LogP contribution in [0.2, 0.25) is 0 Å². The van der Waals surface area contributed by atoms with Crippen molar-refractivity contribution in [3.63, 3.8) is 0 Å². The lowest BCUT2D eigenvalue weighted by Gasteiger charge is -2.07. The second-order valence-electron chi connectivity index (χ2n) is 5.86. The summed E-state index contributed by atoms with van der Waals surface area (Å²) in [6.45, 7) is -0.0653. The van der Waals surface area contributed by atoms with Gasteiger partial charge in [0.1, 0.15) is 11.3 Å². The van der Waals surface area contributed by atoms with Gasteiger partial charge in [0.2, 0.25) is 5.89 Å². The number of halogens is 1. The van der Waals surface area contributed by atoms with Gasteiger partial charge in [-0.2, -0.15) is 0 Å². The molecule has 3 aromatic carbocycles. The smallest absolute Gasteiger partial charge is 0.262 e. The van der Waals surface area contributed by atoms with Crippen molar-refractivity contribution in [1.82, 2.24) is 4.98 Å². The number of hydrogen-bond acceptors (Lipinski definition) is 4. The highest BCUT2D eigenvalue weighted by Crippen LogP contribution is 2.27. The van der Waals surface area contributed by atoms with E-state index in [2.05, 4.69) is 26.2 Å². The third-order valence-corrected chi connectivity index (χ3v) is 4.35. The Hall–Kier alpha value is -3.12. The van der Waals surface area contributed by atoms with Crippen LogP contribution in [0.3, 0.4) is 0 Å². The summed E-state index contributed by atoms with van der Waals surface area (Å²) in [5.74, 6) is 0.939. The van der Waals surface area contributed by atoms with Gasteiger partial charge in [0, 0.05) is 15.7 Å². The summed E-state index contributed by atoms with van der Waals surface area (Å²) in [5, 5.41) is 2.81. The molecule has 1 amide bonds. The number of anilines is 1. The third kappa shape index (κ3) is 4.17. The lowest BCUT2D eigenvalue weighted by Crippen LogP contribution is -2.20. The van der Waals surface area contributed by atoms with Gasteiger partial charge >= 0.3 is 0 Å². The van der Waals surface area contributed by atoms with Crippen molar-refractivity contribution in [2.75, 3.05) is 11.9 Å². The monoisotopic (exact) mass is 422 g/mol. The molecule has 0 aliphatic heterocycles. The van der Waals surface area contributed by atoms with Crippen molar-refractivity contribution in [1.29, 1.82) is 0 Å². The lowest BCUT2D eigenvalue weighted by molar-refractivity contribution is -0.118. The maximum atomic E-state index is 12.1. The molecule has 0 radical (unpaired) electrons. The molecule has 0 spiro atoms. The number of carbonyl (C=O) groups excluding carboxylic acids is 1. The van der Waals surface area contributed by atoms with Gasteiger partial charge in [-0.25, -0.2) is 4.98 Å². The number of nitrogens with zero attached hydrogens (tertiary/aromatic N) is 1. The van der Waals surface area contributed by atoms with E-state index >= 15 is 0 Å². The van der Waals surface area contributed by atoms with E-state index in [9.17, 15) is 4.79 Å². The highest BCUT2D eigenvalue weighted by Gasteiger charge is 2.10. The van der Waals surface area contributed by atoms with Gasteiger partial charge in [0.15, 0.2) is 12.2 Å². The Balaban J connectivity index is 1.47. The molecule has 0 fully saturated rings. The maximum absolute atomic E-state index is 12.1. The van der Waals surface area contributed by atoms with Gasteiger partial charge in [-0.15, -0.1) is 0 Å². The van der Waals surface area contributed by atoms with E-state index in [1.54, 1.807) is 30.3 Å². The molecule has 0 aliphatic rings. The highest BCUT2D eigenvalue weighted by molar-refractivity contribution is 9.10. The summed E-state index contributed by atoms with van der Waals surface area (Å²) in [5.41, 5.74) is 2.84. The second-order valence-corrected chi connectivity index (χ2v) is 6.78. The van der Waals surface area contributed by atoms with E-state index in [4.69, 9.17) is 9.15 Å². The highest BCUT2D eigenvalue weighted by atomic mass is 79.9. The lowest BCUT2D eigenvalue weighted by atomic mass is 10.2. The van der Waals surface area contributed by atoms with Gasteiger partial charge in [-0.3, -0.25) is 4.79 Å². The number of fused-ring (bicyclic) bond motifs is 1. The minimum absolute atomic E-state index is 0.0653. The topological polar surface area (TPSA) is 64.4 Å². The number of ether oxygens (including phenoxy) is 1. The first-order chi connectivity index (χ1) is 13.2. The molecule has 0 bridgehead atoms. The van der Waals surface area contributed by atoms with Crippen LogP contribution in [0, 0.1) is 0 Å². The van der Waals surface area contributed by atoms with Crippen LogP contribution >= 0.6 is 15.9 Å². The summed E-state index contributed by atoms with van der Waals surface area (Å²) in [4.78, 5) is 16.6. The Morgan fingerprint density at radius 3 is 2.70 bits per heavy atom. The minimum atomic E-state index is -0.242. The van der Waals surface area contributed by atoms with Crippen molar-refractivity contribution in [3.05, 3.63) is 77.3 Å². The first-order valence-corrected chi connectivity index (χ1v) is 9.11. The molecular formula is C21H15BrN2O3. The Morgan fingerprint density at radius 2 is 1.89 bits per heavy atom. The van der Waals surface area contributed by atoms with Crippen LogP contribution in [-0.4, -0.2) is 17.5 Å². The van der Waals surface area contributed by atoms with Crippen LogP contribution in [0.25, 0.3) is 22.6 Å². The van der Waals surface area contributed by atoms with Gasteiger partial charge in [-0.1, -0.05) is 40.2 Å². The number of nitrogens with one attached hydrogen (secondary N) is 1. The van der Waals surface area contributed by atoms with Crippen LogP contribution < -0.4 is 10.1 Å². The first-order valence-electron chi connectivity index (χ1n) is 8.32. The first kappa shape index (κ1) is 17.3. The van der Waals surface area contributed by atoms with Crippen molar-refractivity contribution < 1.29 is 13.9 Å². The quantitative estimate of drug-likeness (QED) is 0.475. The molecule has 4 rings (SSSR count). The predicted molar refractivity (Wildman–Crippen MR) is 108 cm³/mol. The predicted octanol–water partition coefficient (Wildman–Crippen LogP) is 5.27. The summed E-state index contributed by atoms with van der Waals surface area (Å²) in [6.07, 6.45) is 0. The molecular weight excluding hydrogens is 408 g/mol.